The molecule has 0 radical (unpaired) electrons. The van der Waals surface area contributed by atoms with E-state index in [4.69, 9.17) is 5.73 Å². The van der Waals surface area contributed by atoms with Crippen molar-refractivity contribution in [2.24, 2.45) is 11.7 Å². The lowest BCUT2D eigenvalue weighted by molar-refractivity contribution is 0.366. The monoisotopic (exact) mass is 261 g/mol. The van der Waals surface area contributed by atoms with Crippen LogP contribution in [0.3, 0.4) is 0 Å². The van der Waals surface area contributed by atoms with E-state index in [1.165, 1.54) is 23.2 Å². The van der Waals surface area contributed by atoms with Crippen LogP contribution in [0.1, 0.15) is 19.8 Å². The average molecular weight is 261 g/mol. The van der Waals surface area contributed by atoms with Crippen molar-refractivity contribution in [2.45, 2.75) is 25.8 Å². The number of nitrogens with zero attached hydrogens (tertiary/aromatic N) is 2. The van der Waals surface area contributed by atoms with E-state index in [1.54, 1.807) is 11.5 Å². The molecule has 0 bridgehead atoms. The fraction of sp³-hybridized carbons (Fsp3) is 0.500. The standard InChI is InChI=1S/C14H19N3S/c1-10(15)11-5-4-8-17(9-11)14-12-6-2-3-7-13(12)16-18-14/h2-3,6-7,10-11H,4-5,8-9,15H2,1H3. The topological polar surface area (TPSA) is 42.1 Å². The zero-order chi connectivity index (χ0) is 12.5. The molecule has 2 heterocycles. The van der Waals surface area contributed by atoms with Crippen molar-refractivity contribution < 1.29 is 0 Å². The number of piperidine rings is 1. The summed E-state index contributed by atoms with van der Waals surface area (Å²) in [6.07, 6.45) is 2.49. The zero-order valence-corrected chi connectivity index (χ0v) is 11.5. The molecule has 2 unspecified atom stereocenters. The molecule has 4 heteroatoms. The quantitative estimate of drug-likeness (QED) is 0.904. The van der Waals surface area contributed by atoms with E-state index >= 15 is 0 Å². The van der Waals surface area contributed by atoms with Crippen LogP contribution in [0.15, 0.2) is 24.3 Å². The van der Waals surface area contributed by atoms with Gasteiger partial charge in [-0.15, -0.1) is 0 Å². The van der Waals surface area contributed by atoms with E-state index in [9.17, 15) is 0 Å². The first kappa shape index (κ1) is 11.9. The van der Waals surface area contributed by atoms with Crippen LogP contribution >= 0.6 is 11.5 Å². The molecule has 3 rings (SSSR count). The van der Waals surface area contributed by atoms with Crippen molar-refractivity contribution in [3.05, 3.63) is 24.3 Å². The van der Waals surface area contributed by atoms with Gasteiger partial charge in [0, 0.05) is 24.5 Å². The van der Waals surface area contributed by atoms with Gasteiger partial charge in [-0.2, -0.15) is 4.37 Å². The van der Waals surface area contributed by atoms with Crippen LogP contribution in [-0.2, 0) is 0 Å². The number of nitrogens with two attached hydrogens (primary N) is 1. The van der Waals surface area contributed by atoms with Gasteiger partial charge in [-0.25, -0.2) is 0 Å². The van der Waals surface area contributed by atoms with Gasteiger partial charge in [-0.3, -0.25) is 0 Å². The molecule has 0 amide bonds. The largest absolute Gasteiger partial charge is 0.361 e. The highest BCUT2D eigenvalue weighted by atomic mass is 32.1. The third-order valence-corrected chi connectivity index (χ3v) is 4.79. The molecule has 1 aromatic carbocycles. The van der Waals surface area contributed by atoms with Gasteiger partial charge in [0.2, 0.25) is 0 Å². The Kier molecular flexibility index (Phi) is 3.22. The molecule has 0 aliphatic carbocycles. The molecular formula is C14H19N3S. The summed E-state index contributed by atoms with van der Waals surface area (Å²) in [6, 6.07) is 8.68. The van der Waals surface area contributed by atoms with Crippen molar-refractivity contribution in [3.8, 4) is 0 Å². The molecule has 3 nitrogen and oxygen atoms in total. The van der Waals surface area contributed by atoms with E-state index in [0.29, 0.717) is 5.92 Å². The molecule has 1 fully saturated rings. The van der Waals surface area contributed by atoms with Crippen molar-refractivity contribution in [1.82, 2.24) is 4.37 Å². The predicted molar refractivity (Wildman–Crippen MR) is 78.2 cm³/mol. The summed E-state index contributed by atoms with van der Waals surface area (Å²) < 4.78 is 4.53. The number of aromatic nitrogens is 1. The first-order chi connectivity index (χ1) is 8.75. The maximum atomic E-state index is 6.06. The van der Waals surface area contributed by atoms with Crippen molar-refractivity contribution >= 4 is 27.4 Å². The zero-order valence-electron chi connectivity index (χ0n) is 10.7. The molecule has 2 atom stereocenters. The third-order valence-electron chi connectivity index (χ3n) is 3.85. The van der Waals surface area contributed by atoms with Crippen LogP contribution in [-0.4, -0.2) is 23.5 Å². The van der Waals surface area contributed by atoms with Gasteiger partial charge in [-0.05, 0) is 49.3 Å². The van der Waals surface area contributed by atoms with Crippen LogP contribution in [0.5, 0.6) is 0 Å². The molecule has 1 aliphatic heterocycles. The molecule has 2 N–H and O–H groups in total. The maximum Gasteiger partial charge on any atom is 0.119 e. The first-order valence-electron chi connectivity index (χ1n) is 6.60. The lowest BCUT2D eigenvalue weighted by atomic mass is 9.92. The van der Waals surface area contributed by atoms with Crippen LogP contribution in [0.4, 0.5) is 5.00 Å². The molecule has 0 spiro atoms. The Hall–Kier alpha value is -1.13. The van der Waals surface area contributed by atoms with Crippen LogP contribution in [0, 0.1) is 5.92 Å². The lowest BCUT2D eigenvalue weighted by Gasteiger charge is -2.35. The van der Waals surface area contributed by atoms with E-state index in [1.807, 2.05) is 6.07 Å². The number of anilines is 1. The van der Waals surface area contributed by atoms with Crippen molar-refractivity contribution in [2.75, 3.05) is 18.0 Å². The molecule has 1 aliphatic rings. The Balaban J connectivity index is 1.90. The second-order valence-electron chi connectivity index (χ2n) is 5.21. The van der Waals surface area contributed by atoms with Gasteiger partial charge >= 0.3 is 0 Å². The summed E-state index contributed by atoms with van der Waals surface area (Å²) in [7, 11) is 0. The Labute approximate surface area is 112 Å². The summed E-state index contributed by atoms with van der Waals surface area (Å²) in [4.78, 5) is 2.47. The highest BCUT2D eigenvalue weighted by Gasteiger charge is 2.24. The molecule has 0 saturated carbocycles. The molecule has 2 aromatic rings. The number of fused-ring (bicyclic) bond motifs is 1. The normalized spacial score (nSPS) is 22.3. The van der Waals surface area contributed by atoms with Crippen molar-refractivity contribution in [3.63, 3.8) is 0 Å². The highest BCUT2D eigenvalue weighted by Crippen LogP contribution is 2.34. The summed E-state index contributed by atoms with van der Waals surface area (Å²) in [5, 5.41) is 2.60. The predicted octanol–water partition coefficient (Wildman–Crippen LogP) is 2.86. The van der Waals surface area contributed by atoms with E-state index < -0.39 is 0 Å². The van der Waals surface area contributed by atoms with Gasteiger partial charge in [-0.1, -0.05) is 12.1 Å². The first-order valence-corrected chi connectivity index (χ1v) is 7.38. The second-order valence-corrected chi connectivity index (χ2v) is 5.96. The molecular weight excluding hydrogens is 242 g/mol. The number of hydrogen-bond donors (Lipinski definition) is 1. The lowest BCUT2D eigenvalue weighted by Crippen LogP contribution is -2.42. The van der Waals surface area contributed by atoms with E-state index in [0.717, 1.165) is 18.6 Å². The average Bonchev–Trinajstić information content (AvgIpc) is 2.82. The van der Waals surface area contributed by atoms with E-state index in [-0.39, 0.29) is 6.04 Å². The third kappa shape index (κ3) is 2.10. The molecule has 18 heavy (non-hydrogen) atoms. The van der Waals surface area contributed by atoms with Crippen LogP contribution in [0.2, 0.25) is 0 Å². The molecule has 1 aromatic heterocycles. The van der Waals surface area contributed by atoms with Gasteiger partial charge in [0.1, 0.15) is 5.00 Å². The minimum atomic E-state index is 0.284. The molecule has 96 valence electrons. The minimum Gasteiger partial charge on any atom is -0.361 e. The SMILES string of the molecule is CC(N)C1CCCN(c2snc3ccccc23)C1. The Morgan fingerprint density at radius 2 is 2.28 bits per heavy atom. The van der Waals surface area contributed by atoms with Gasteiger partial charge in [0.05, 0.1) is 5.52 Å². The highest BCUT2D eigenvalue weighted by molar-refractivity contribution is 7.11. The fourth-order valence-corrected chi connectivity index (χ4v) is 3.62. The second kappa shape index (κ2) is 4.86. The summed E-state index contributed by atoms with van der Waals surface area (Å²) in [5.41, 5.74) is 7.17. The Morgan fingerprint density at radius 3 is 3.11 bits per heavy atom. The van der Waals surface area contributed by atoms with Crippen molar-refractivity contribution in [1.29, 1.82) is 0 Å². The molecule has 1 saturated heterocycles. The Morgan fingerprint density at radius 1 is 1.44 bits per heavy atom. The maximum absolute atomic E-state index is 6.06. The van der Waals surface area contributed by atoms with E-state index in [2.05, 4.69) is 34.4 Å². The summed E-state index contributed by atoms with van der Waals surface area (Å²) in [6.45, 7) is 4.33. The number of rotatable bonds is 2. The van der Waals surface area contributed by atoms with Gasteiger partial charge in [0.25, 0.3) is 0 Å². The van der Waals surface area contributed by atoms with Gasteiger partial charge in [0.15, 0.2) is 0 Å². The van der Waals surface area contributed by atoms with Crippen LogP contribution in [0.25, 0.3) is 10.9 Å². The van der Waals surface area contributed by atoms with Crippen LogP contribution < -0.4 is 10.6 Å². The fourth-order valence-electron chi connectivity index (χ4n) is 2.73. The summed E-state index contributed by atoms with van der Waals surface area (Å²) >= 11 is 1.62. The minimum absolute atomic E-state index is 0.284. The summed E-state index contributed by atoms with van der Waals surface area (Å²) in [5.74, 6) is 0.611. The number of benzene rings is 1. The van der Waals surface area contributed by atoms with Gasteiger partial charge < -0.3 is 10.6 Å². The Bertz CT molecular complexity index is 535. The number of hydrogen-bond acceptors (Lipinski definition) is 4. The smallest absolute Gasteiger partial charge is 0.119 e.